The van der Waals surface area contributed by atoms with Crippen LogP contribution in [0.1, 0.15) is 5.56 Å². The lowest BCUT2D eigenvalue weighted by Crippen LogP contribution is -2.36. The van der Waals surface area contributed by atoms with E-state index in [1.54, 1.807) is 54.1 Å². The predicted octanol–water partition coefficient (Wildman–Crippen LogP) is 3.18. The third kappa shape index (κ3) is 4.12. The van der Waals surface area contributed by atoms with E-state index in [1.807, 2.05) is 4.40 Å². The Morgan fingerprint density at radius 3 is 2.77 bits per heavy atom. The number of halogens is 3. The molecule has 9 heteroatoms. The quantitative estimate of drug-likeness (QED) is 0.665. The maximum atomic E-state index is 12.1. The van der Waals surface area contributed by atoms with E-state index in [4.69, 9.17) is 0 Å². The molecule has 0 unspecified atom stereocenters. The number of urea groups is 1. The number of aromatic nitrogens is 2. The number of carbonyl (C=O) groups excluding carboxylic acids is 1. The second-order valence-electron chi connectivity index (χ2n) is 5.57. The number of imidazole rings is 1. The maximum absolute atomic E-state index is 12.1. The fraction of sp³-hybridized carbons (Fsp3) is 0.176. The molecule has 0 fully saturated rings. The molecule has 0 atom stereocenters. The molecule has 2 amide bonds. The molecule has 3 aromatic rings. The van der Waals surface area contributed by atoms with Crippen molar-refractivity contribution in [1.29, 1.82) is 0 Å². The van der Waals surface area contributed by atoms with Crippen molar-refractivity contribution < 1.29 is 23.1 Å². The van der Waals surface area contributed by atoms with Gasteiger partial charge in [-0.05, 0) is 29.8 Å². The van der Waals surface area contributed by atoms with E-state index in [0.29, 0.717) is 11.3 Å². The molecule has 0 saturated heterocycles. The van der Waals surface area contributed by atoms with Crippen molar-refractivity contribution in [3.63, 3.8) is 0 Å². The summed E-state index contributed by atoms with van der Waals surface area (Å²) in [4.78, 5) is 15.9. The van der Waals surface area contributed by atoms with E-state index >= 15 is 0 Å². The molecule has 2 aromatic heterocycles. The van der Waals surface area contributed by atoms with Crippen LogP contribution >= 0.6 is 0 Å². The highest BCUT2D eigenvalue weighted by atomic mass is 19.4. The third-order valence-electron chi connectivity index (χ3n) is 3.63. The van der Waals surface area contributed by atoms with Crippen LogP contribution in [0.25, 0.3) is 16.9 Å². The van der Waals surface area contributed by atoms with E-state index in [2.05, 4.69) is 10.3 Å². The zero-order valence-corrected chi connectivity index (χ0v) is 13.4. The van der Waals surface area contributed by atoms with Crippen molar-refractivity contribution in [2.75, 3.05) is 11.9 Å². The van der Waals surface area contributed by atoms with Gasteiger partial charge in [-0.15, -0.1) is 0 Å². The number of benzene rings is 1. The normalized spacial score (nSPS) is 11.5. The second kappa shape index (κ2) is 7.04. The molecule has 26 heavy (non-hydrogen) atoms. The fourth-order valence-electron chi connectivity index (χ4n) is 2.45. The number of hydrogen-bond donors (Lipinski definition) is 3. The third-order valence-corrected chi connectivity index (χ3v) is 3.63. The minimum Gasteiger partial charge on any atom is -0.392 e. The van der Waals surface area contributed by atoms with Crippen LogP contribution in [-0.4, -0.2) is 33.2 Å². The Hall–Kier alpha value is -3.07. The molecule has 0 saturated carbocycles. The number of hydrogen-bond acceptors (Lipinski definition) is 3. The van der Waals surface area contributed by atoms with Gasteiger partial charge in [0.1, 0.15) is 12.2 Å². The molecule has 0 aliphatic rings. The molecule has 2 heterocycles. The number of aliphatic hydroxyl groups excluding tert-OH is 1. The van der Waals surface area contributed by atoms with Gasteiger partial charge in [-0.1, -0.05) is 12.1 Å². The molecule has 0 bridgehead atoms. The van der Waals surface area contributed by atoms with E-state index in [1.165, 1.54) is 0 Å². The van der Waals surface area contributed by atoms with Crippen molar-refractivity contribution >= 4 is 17.4 Å². The van der Waals surface area contributed by atoms with Gasteiger partial charge in [-0.3, -0.25) is 4.40 Å². The van der Waals surface area contributed by atoms with Gasteiger partial charge in [-0.2, -0.15) is 13.2 Å². The summed E-state index contributed by atoms with van der Waals surface area (Å²) in [6.07, 6.45) is -1.07. The van der Waals surface area contributed by atoms with Crippen LogP contribution in [0.2, 0.25) is 0 Å². The molecule has 0 aliphatic carbocycles. The highest BCUT2D eigenvalue weighted by Crippen LogP contribution is 2.24. The molecule has 0 aliphatic heterocycles. The van der Waals surface area contributed by atoms with Gasteiger partial charge in [0.2, 0.25) is 0 Å². The number of nitrogens with zero attached hydrogens (tertiary/aromatic N) is 2. The number of carbonyl (C=O) groups is 1. The Bertz CT molecular complexity index is 937. The van der Waals surface area contributed by atoms with Crippen molar-refractivity contribution in [2.45, 2.75) is 12.8 Å². The highest BCUT2D eigenvalue weighted by Gasteiger charge is 2.27. The van der Waals surface area contributed by atoms with Gasteiger partial charge in [0.05, 0.1) is 18.5 Å². The molecule has 0 spiro atoms. The summed E-state index contributed by atoms with van der Waals surface area (Å²) < 4.78 is 38.2. The molecule has 3 rings (SSSR count). The van der Waals surface area contributed by atoms with Crippen molar-refractivity contribution in [3.05, 3.63) is 54.4 Å². The van der Waals surface area contributed by atoms with Crippen molar-refractivity contribution in [2.24, 2.45) is 0 Å². The Kier molecular flexibility index (Phi) is 4.81. The zero-order valence-electron chi connectivity index (χ0n) is 13.4. The minimum atomic E-state index is -4.47. The van der Waals surface area contributed by atoms with Gasteiger partial charge in [-0.25, -0.2) is 9.78 Å². The van der Waals surface area contributed by atoms with Gasteiger partial charge < -0.3 is 15.7 Å². The number of amides is 2. The molecular formula is C17H15F3N4O2. The lowest BCUT2D eigenvalue weighted by molar-refractivity contribution is -0.122. The molecule has 1 aromatic carbocycles. The zero-order chi connectivity index (χ0) is 18.7. The van der Waals surface area contributed by atoms with Crippen LogP contribution in [0.4, 0.5) is 23.7 Å². The first-order chi connectivity index (χ1) is 12.4. The largest absolute Gasteiger partial charge is 0.405 e. The van der Waals surface area contributed by atoms with Crippen LogP contribution in [-0.2, 0) is 6.61 Å². The molecule has 0 radical (unpaired) electrons. The number of rotatable bonds is 4. The van der Waals surface area contributed by atoms with Gasteiger partial charge in [0, 0.05) is 17.4 Å². The lowest BCUT2D eigenvalue weighted by Gasteiger charge is -2.10. The first-order valence-corrected chi connectivity index (χ1v) is 7.64. The highest BCUT2D eigenvalue weighted by molar-refractivity contribution is 5.90. The lowest BCUT2D eigenvalue weighted by atomic mass is 10.1. The van der Waals surface area contributed by atoms with Gasteiger partial charge in [0.25, 0.3) is 0 Å². The first-order valence-electron chi connectivity index (χ1n) is 7.64. The van der Waals surface area contributed by atoms with Gasteiger partial charge in [0.15, 0.2) is 0 Å². The molecular weight excluding hydrogens is 349 g/mol. The van der Waals surface area contributed by atoms with Crippen LogP contribution in [0, 0.1) is 0 Å². The molecule has 136 valence electrons. The average molecular weight is 364 g/mol. The van der Waals surface area contributed by atoms with Crippen LogP contribution in [0.5, 0.6) is 0 Å². The topological polar surface area (TPSA) is 78.7 Å². The van der Waals surface area contributed by atoms with E-state index < -0.39 is 18.8 Å². The molecule has 3 N–H and O–H groups in total. The number of nitrogens with one attached hydrogen (secondary N) is 2. The van der Waals surface area contributed by atoms with Crippen molar-refractivity contribution in [3.8, 4) is 11.3 Å². The maximum Gasteiger partial charge on any atom is 0.405 e. The van der Waals surface area contributed by atoms with Crippen LogP contribution in [0.15, 0.2) is 48.8 Å². The summed E-state index contributed by atoms with van der Waals surface area (Å²) >= 11 is 0. The van der Waals surface area contributed by atoms with Crippen molar-refractivity contribution in [1.82, 2.24) is 14.7 Å². The van der Waals surface area contributed by atoms with Crippen LogP contribution < -0.4 is 10.6 Å². The average Bonchev–Trinajstić information content (AvgIpc) is 3.02. The Labute approximate surface area is 146 Å². The Morgan fingerprint density at radius 1 is 1.23 bits per heavy atom. The SMILES string of the molecule is O=C(NCC(F)(F)F)Nc1cccc(-c2cnc3cc(CO)ccn23)c1. The smallest absolute Gasteiger partial charge is 0.392 e. The van der Waals surface area contributed by atoms with E-state index in [9.17, 15) is 23.1 Å². The number of anilines is 1. The minimum absolute atomic E-state index is 0.0921. The number of alkyl halides is 3. The monoisotopic (exact) mass is 364 g/mol. The Morgan fingerprint density at radius 2 is 2.04 bits per heavy atom. The standard InChI is InChI=1S/C17H15F3N4O2/c18-17(19,20)10-22-16(26)23-13-3-1-2-12(7-13)14-8-21-15-6-11(9-25)4-5-24(14)15/h1-8,25H,9-10H2,(H2,22,23,26). The Balaban J connectivity index is 1.80. The molecule has 6 nitrogen and oxygen atoms in total. The van der Waals surface area contributed by atoms with Crippen LogP contribution in [0.3, 0.4) is 0 Å². The van der Waals surface area contributed by atoms with Gasteiger partial charge >= 0.3 is 12.2 Å². The number of fused-ring (bicyclic) bond motifs is 1. The summed E-state index contributed by atoms with van der Waals surface area (Å²) in [5, 5.41) is 13.3. The number of pyridine rings is 1. The van der Waals surface area contributed by atoms with E-state index in [0.717, 1.165) is 16.8 Å². The second-order valence-corrected chi connectivity index (χ2v) is 5.57. The summed E-state index contributed by atoms with van der Waals surface area (Å²) in [5.74, 6) is 0. The predicted molar refractivity (Wildman–Crippen MR) is 89.6 cm³/mol. The summed E-state index contributed by atoms with van der Waals surface area (Å²) in [6, 6.07) is 9.24. The number of aliphatic hydroxyl groups is 1. The fourth-order valence-corrected chi connectivity index (χ4v) is 2.45. The summed E-state index contributed by atoms with van der Waals surface area (Å²) in [6.45, 7) is -1.50. The summed E-state index contributed by atoms with van der Waals surface area (Å²) in [7, 11) is 0. The first kappa shape index (κ1) is 17.7. The summed E-state index contributed by atoms with van der Waals surface area (Å²) in [5.41, 5.74) is 3.19. The van der Waals surface area contributed by atoms with E-state index in [-0.39, 0.29) is 6.61 Å².